The number of aryl methyl sites for hydroxylation is 1. The number of aromatic amines is 1. The van der Waals surface area contributed by atoms with Gasteiger partial charge in [0.25, 0.3) is 0 Å². The van der Waals surface area contributed by atoms with Crippen molar-refractivity contribution in [2.75, 3.05) is 13.7 Å². The van der Waals surface area contributed by atoms with E-state index in [1.54, 1.807) is 44.2 Å². The van der Waals surface area contributed by atoms with Gasteiger partial charge in [-0.2, -0.15) is 5.26 Å². The Morgan fingerprint density at radius 2 is 1.82 bits per heavy atom. The number of benzene rings is 1. The van der Waals surface area contributed by atoms with Crippen molar-refractivity contribution >= 4 is 23.6 Å². The Kier molecular flexibility index (Phi) is 6.51. The largest absolute Gasteiger partial charge is 0.497 e. The summed E-state index contributed by atoms with van der Waals surface area (Å²) in [7, 11) is 1.53. The molecule has 28 heavy (non-hydrogen) atoms. The molecule has 7 nitrogen and oxygen atoms in total. The van der Waals surface area contributed by atoms with Crippen LogP contribution in [0.2, 0.25) is 0 Å². The summed E-state index contributed by atoms with van der Waals surface area (Å²) in [6, 6.07) is 8.53. The minimum atomic E-state index is -0.903. The molecule has 0 radical (unpaired) electrons. The van der Waals surface area contributed by atoms with E-state index in [0.717, 1.165) is 0 Å². The van der Waals surface area contributed by atoms with Crippen LogP contribution in [0.5, 0.6) is 5.75 Å². The lowest BCUT2D eigenvalue weighted by Crippen LogP contribution is -2.16. The summed E-state index contributed by atoms with van der Waals surface area (Å²) in [6.07, 6.45) is 1.37. The first-order valence-corrected chi connectivity index (χ1v) is 8.44. The maximum absolute atomic E-state index is 12.4. The van der Waals surface area contributed by atoms with Crippen LogP contribution >= 0.6 is 0 Å². The van der Waals surface area contributed by atoms with Crippen LogP contribution in [0, 0.1) is 25.2 Å². The number of nitrogens with one attached hydrogen (secondary N) is 1. The molecular formula is C21H20N2O5. The molecular weight excluding hydrogens is 360 g/mol. The molecule has 0 aliphatic rings. The summed E-state index contributed by atoms with van der Waals surface area (Å²) in [5, 5.41) is 9.21. The van der Waals surface area contributed by atoms with Gasteiger partial charge in [-0.3, -0.25) is 9.59 Å². The van der Waals surface area contributed by atoms with Crippen LogP contribution in [-0.2, 0) is 9.53 Å². The molecule has 2 rings (SSSR count). The standard InChI is InChI=1S/C21H20N2O5/c1-12-19(14(3)24)13(2)23-20(12)18(25)11-28-21(26)16(10-22)9-15-5-7-17(27-4)8-6-15/h5-9,23H,11H2,1-4H3/b16-9+. The molecule has 1 N–H and O–H groups in total. The number of carbonyl (C=O) groups is 3. The first-order valence-electron chi connectivity index (χ1n) is 8.44. The molecule has 0 amide bonds. The number of ether oxygens (including phenoxy) is 2. The third-order valence-electron chi connectivity index (χ3n) is 4.17. The highest BCUT2D eigenvalue weighted by atomic mass is 16.5. The van der Waals surface area contributed by atoms with Crippen LogP contribution in [0.25, 0.3) is 6.08 Å². The molecule has 0 saturated carbocycles. The van der Waals surface area contributed by atoms with Crippen molar-refractivity contribution in [3.05, 3.63) is 57.9 Å². The third kappa shape index (κ3) is 4.54. The van der Waals surface area contributed by atoms with Gasteiger partial charge in [0.1, 0.15) is 17.4 Å². The first kappa shape index (κ1) is 20.6. The Hall–Kier alpha value is -3.66. The van der Waals surface area contributed by atoms with Gasteiger partial charge in [-0.05, 0) is 50.1 Å². The number of carbonyl (C=O) groups excluding carboxylic acids is 3. The highest BCUT2D eigenvalue weighted by Crippen LogP contribution is 2.19. The van der Waals surface area contributed by atoms with E-state index in [-0.39, 0.29) is 17.1 Å². The van der Waals surface area contributed by atoms with Gasteiger partial charge < -0.3 is 14.5 Å². The first-order chi connectivity index (χ1) is 13.3. The highest BCUT2D eigenvalue weighted by Gasteiger charge is 2.21. The zero-order chi connectivity index (χ0) is 20.8. The molecule has 0 atom stereocenters. The summed E-state index contributed by atoms with van der Waals surface area (Å²) >= 11 is 0. The number of methoxy groups -OCH3 is 1. The van der Waals surface area contributed by atoms with E-state index >= 15 is 0 Å². The average molecular weight is 380 g/mol. The predicted octanol–water partition coefficient (Wildman–Crippen LogP) is 3.18. The molecule has 0 fully saturated rings. The van der Waals surface area contributed by atoms with Gasteiger partial charge in [-0.25, -0.2) is 4.79 Å². The average Bonchev–Trinajstić information content (AvgIpc) is 2.98. The Morgan fingerprint density at radius 1 is 1.18 bits per heavy atom. The summed E-state index contributed by atoms with van der Waals surface area (Å²) in [5.74, 6) is -0.899. The minimum Gasteiger partial charge on any atom is -0.497 e. The Morgan fingerprint density at radius 3 is 2.32 bits per heavy atom. The Balaban J connectivity index is 2.10. The van der Waals surface area contributed by atoms with Crippen molar-refractivity contribution in [2.45, 2.75) is 20.8 Å². The van der Waals surface area contributed by atoms with Gasteiger partial charge in [0.2, 0.25) is 5.78 Å². The molecule has 7 heteroatoms. The summed E-state index contributed by atoms with van der Waals surface area (Å²) in [5.41, 5.74) is 2.14. The molecule has 0 aliphatic heterocycles. The predicted molar refractivity (Wildman–Crippen MR) is 102 cm³/mol. The van der Waals surface area contributed by atoms with Crippen molar-refractivity contribution < 1.29 is 23.9 Å². The van der Waals surface area contributed by atoms with Gasteiger partial charge in [0, 0.05) is 11.3 Å². The van der Waals surface area contributed by atoms with Gasteiger partial charge in [0.15, 0.2) is 12.4 Å². The fourth-order valence-electron chi connectivity index (χ4n) is 2.84. The molecule has 1 aromatic heterocycles. The van der Waals surface area contributed by atoms with E-state index in [1.165, 1.54) is 20.1 Å². The quantitative estimate of drug-likeness (QED) is 0.342. The summed E-state index contributed by atoms with van der Waals surface area (Å²) in [6.45, 7) is 4.22. The molecule has 0 spiro atoms. The number of hydrogen-bond donors (Lipinski definition) is 1. The van der Waals surface area contributed by atoms with E-state index in [4.69, 9.17) is 9.47 Å². The molecule has 0 bridgehead atoms. The maximum Gasteiger partial charge on any atom is 0.349 e. The van der Waals surface area contributed by atoms with Crippen molar-refractivity contribution in [3.8, 4) is 11.8 Å². The van der Waals surface area contributed by atoms with Crippen LogP contribution in [0.15, 0.2) is 29.8 Å². The normalized spacial score (nSPS) is 10.9. The van der Waals surface area contributed by atoms with Crippen molar-refractivity contribution in [2.24, 2.45) is 0 Å². The maximum atomic E-state index is 12.4. The molecule has 1 aromatic carbocycles. The van der Waals surface area contributed by atoms with E-state index in [9.17, 15) is 19.6 Å². The second-order valence-corrected chi connectivity index (χ2v) is 6.12. The second-order valence-electron chi connectivity index (χ2n) is 6.12. The molecule has 2 aromatic rings. The number of nitriles is 1. The van der Waals surface area contributed by atoms with Gasteiger partial charge in [-0.1, -0.05) is 12.1 Å². The summed E-state index contributed by atoms with van der Waals surface area (Å²) < 4.78 is 10.0. The number of aromatic nitrogens is 1. The molecule has 144 valence electrons. The number of rotatable bonds is 7. The number of H-pyrrole nitrogens is 1. The number of ketones is 2. The van der Waals surface area contributed by atoms with Gasteiger partial charge in [-0.15, -0.1) is 0 Å². The Labute approximate surface area is 162 Å². The number of nitrogens with zero attached hydrogens (tertiary/aromatic N) is 1. The number of esters is 1. The molecule has 0 saturated heterocycles. The lowest BCUT2D eigenvalue weighted by atomic mass is 10.1. The molecule has 0 unspecified atom stereocenters. The fraction of sp³-hybridized carbons (Fsp3) is 0.238. The van der Waals surface area contributed by atoms with Crippen LogP contribution < -0.4 is 4.74 Å². The van der Waals surface area contributed by atoms with Crippen molar-refractivity contribution in [1.82, 2.24) is 4.98 Å². The third-order valence-corrected chi connectivity index (χ3v) is 4.17. The molecule has 0 aliphatic carbocycles. The van der Waals surface area contributed by atoms with Gasteiger partial charge >= 0.3 is 5.97 Å². The van der Waals surface area contributed by atoms with E-state index < -0.39 is 18.4 Å². The number of Topliss-reactive ketones (excluding diaryl/α,β-unsaturated/α-hetero) is 2. The van der Waals surface area contributed by atoms with Crippen LogP contribution in [0.3, 0.4) is 0 Å². The SMILES string of the molecule is COc1ccc(/C=C(\C#N)C(=O)OCC(=O)c2[nH]c(C)c(C(C)=O)c2C)cc1. The lowest BCUT2D eigenvalue weighted by Gasteiger charge is -2.04. The summed E-state index contributed by atoms with van der Waals surface area (Å²) in [4.78, 5) is 39.0. The van der Waals surface area contributed by atoms with Crippen LogP contribution in [-0.4, -0.2) is 36.2 Å². The smallest absolute Gasteiger partial charge is 0.349 e. The highest BCUT2D eigenvalue weighted by molar-refractivity contribution is 6.05. The Bertz CT molecular complexity index is 991. The second kappa shape index (κ2) is 8.82. The minimum absolute atomic E-state index is 0.156. The monoisotopic (exact) mass is 380 g/mol. The zero-order valence-corrected chi connectivity index (χ0v) is 16.1. The van der Waals surface area contributed by atoms with Crippen molar-refractivity contribution in [3.63, 3.8) is 0 Å². The lowest BCUT2D eigenvalue weighted by molar-refractivity contribution is -0.137. The van der Waals surface area contributed by atoms with E-state index in [2.05, 4.69) is 4.98 Å². The molecule has 1 heterocycles. The fourth-order valence-corrected chi connectivity index (χ4v) is 2.84. The number of hydrogen-bond acceptors (Lipinski definition) is 6. The van der Waals surface area contributed by atoms with E-state index in [1.807, 2.05) is 0 Å². The van der Waals surface area contributed by atoms with Gasteiger partial charge in [0.05, 0.1) is 12.8 Å². The van der Waals surface area contributed by atoms with Crippen molar-refractivity contribution in [1.29, 1.82) is 5.26 Å². The van der Waals surface area contributed by atoms with E-state index in [0.29, 0.717) is 28.1 Å². The van der Waals surface area contributed by atoms with Crippen LogP contribution in [0.1, 0.15) is 44.6 Å². The zero-order valence-electron chi connectivity index (χ0n) is 16.1. The van der Waals surface area contributed by atoms with Crippen LogP contribution in [0.4, 0.5) is 0 Å². The topological polar surface area (TPSA) is 109 Å².